The monoisotopic (exact) mass is 288 g/mol. The molecule has 2 rings (SSSR count). The first-order chi connectivity index (χ1) is 9.56. The third-order valence-corrected chi connectivity index (χ3v) is 3.92. The molecule has 20 heavy (non-hydrogen) atoms. The van der Waals surface area contributed by atoms with Crippen molar-refractivity contribution >= 4 is 22.9 Å². The van der Waals surface area contributed by atoms with Crippen LogP contribution in [0.3, 0.4) is 0 Å². The third kappa shape index (κ3) is 3.92. The molecule has 2 aromatic rings. The molecule has 0 aliphatic rings. The fraction of sp³-hybridized carbons (Fsp3) is 0.312. The van der Waals surface area contributed by atoms with Crippen LogP contribution in [0.25, 0.3) is 10.4 Å². The topological polar surface area (TPSA) is 55.1 Å². The maximum Gasteiger partial charge on any atom is 0.241 e. The van der Waals surface area contributed by atoms with Crippen LogP contribution in [-0.4, -0.2) is 11.9 Å². The molecule has 106 valence electrons. The van der Waals surface area contributed by atoms with Crippen molar-refractivity contribution in [2.24, 2.45) is 11.7 Å². The first-order valence-electron chi connectivity index (χ1n) is 6.76. The number of nitrogens with one attached hydrogen (secondary N) is 1. The van der Waals surface area contributed by atoms with Crippen molar-refractivity contribution in [3.63, 3.8) is 0 Å². The smallest absolute Gasteiger partial charge is 0.241 e. The normalized spacial score (nSPS) is 12.4. The predicted molar refractivity (Wildman–Crippen MR) is 85.8 cm³/mol. The Kier molecular flexibility index (Phi) is 4.93. The summed E-state index contributed by atoms with van der Waals surface area (Å²) in [6, 6.07) is 11.5. The Bertz CT molecular complexity index is 564. The van der Waals surface area contributed by atoms with Crippen LogP contribution < -0.4 is 11.1 Å². The van der Waals surface area contributed by atoms with E-state index in [0.717, 1.165) is 11.3 Å². The number of hydrogen-bond acceptors (Lipinski definition) is 3. The maximum atomic E-state index is 12.0. The molecule has 1 heterocycles. The van der Waals surface area contributed by atoms with Gasteiger partial charge in [-0.25, -0.2) is 0 Å². The molecule has 0 saturated heterocycles. The van der Waals surface area contributed by atoms with E-state index >= 15 is 0 Å². The second-order valence-corrected chi connectivity index (χ2v) is 6.23. The molecule has 1 aromatic carbocycles. The van der Waals surface area contributed by atoms with Gasteiger partial charge in [0.1, 0.15) is 0 Å². The van der Waals surface area contributed by atoms with Crippen molar-refractivity contribution in [1.29, 1.82) is 0 Å². The van der Waals surface area contributed by atoms with Crippen LogP contribution in [0.2, 0.25) is 0 Å². The van der Waals surface area contributed by atoms with Crippen LogP contribution in [0.5, 0.6) is 0 Å². The Balaban J connectivity index is 2.07. The van der Waals surface area contributed by atoms with E-state index in [1.807, 2.05) is 35.7 Å². The van der Waals surface area contributed by atoms with Crippen molar-refractivity contribution in [2.45, 2.75) is 26.3 Å². The molecule has 0 aliphatic carbocycles. The Hall–Kier alpha value is -1.65. The summed E-state index contributed by atoms with van der Waals surface area (Å²) in [6.45, 7) is 4.12. The van der Waals surface area contributed by atoms with Crippen molar-refractivity contribution in [2.75, 3.05) is 5.32 Å². The minimum Gasteiger partial charge on any atom is -0.325 e. The van der Waals surface area contributed by atoms with E-state index in [2.05, 4.69) is 25.2 Å². The SMILES string of the molecule is CC(C)C[C@H](N)C(=O)Nc1cccc(-c2cccs2)c1. The van der Waals surface area contributed by atoms with E-state index in [9.17, 15) is 4.79 Å². The lowest BCUT2D eigenvalue weighted by Gasteiger charge is -2.14. The Morgan fingerprint density at radius 1 is 1.30 bits per heavy atom. The number of anilines is 1. The minimum absolute atomic E-state index is 0.123. The Labute approximate surface area is 123 Å². The number of carbonyl (C=O) groups is 1. The molecule has 3 N–H and O–H groups in total. The maximum absolute atomic E-state index is 12.0. The number of thiophene rings is 1. The summed E-state index contributed by atoms with van der Waals surface area (Å²) in [7, 11) is 0. The molecule has 0 fully saturated rings. The molecule has 1 aromatic heterocycles. The molecule has 1 atom stereocenters. The van der Waals surface area contributed by atoms with Crippen LogP contribution in [0.1, 0.15) is 20.3 Å². The van der Waals surface area contributed by atoms with Gasteiger partial charge in [-0.3, -0.25) is 4.79 Å². The van der Waals surface area contributed by atoms with Gasteiger partial charge in [-0.1, -0.05) is 32.0 Å². The summed E-state index contributed by atoms with van der Waals surface area (Å²) in [5, 5.41) is 4.93. The number of nitrogens with two attached hydrogens (primary N) is 1. The van der Waals surface area contributed by atoms with E-state index in [-0.39, 0.29) is 5.91 Å². The highest BCUT2D eigenvalue weighted by Crippen LogP contribution is 2.26. The quantitative estimate of drug-likeness (QED) is 0.881. The predicted octanol–water partition coefficient (Wildman–Crippen LogP) is 3.73. The molecule has 0 spiro atoms. The summed E-state index contributed by atoms with van der Waals surface area (Å²) in [6.07, 6.45) is 0.691. The molecule has 0 bridgehead atoms. The minimum atomic E-state index is -0.458. The van der Waals surface area contributed by atoms with Crippen LogP contribution in [0, 0.1) is 5.92 Å². The lowest BCUT2D eigenvalue weighted by molar-refractivity contribution is -0.117. The number of hydrogen-bond donors (Lipinski definition) is 2. The van der Waals surface area contributed by atoms with E-state index in [0.29, 0.717) is 12.3 Å². The van der Waals surface area contributed by atoms with Gasteiger partial charge in [0, 0.05) is 10.6 Å². The molecule has 0 unspecified atom stereocenters. The highest BCUT2D eigenvalue weighted by molar-refractivity contribution is 7.13. The summed E-state index contributed by atoms with van der Waals surface area (Å²) < 4.78 is 0. The average molecular weight is 288 g/mol. The van der Waals surface area contributed by atoms with Crippen LogP contribution in [0.4, 0.5) is 5.69 Å². The largest absolute Gasteiger partial charge is 0.325 e. The zero-order chi connectivity index (χ0) is 14.5. The van der Waals surface area contributed by atoms with Crippen LogP contribution in [-0.2, 0) is 4.79 Å². The highest BCUT2D eigenvalue weighted by Gasteiger charge is 2.15. The molecule has 4 heteroatoms. The molecular formula is C16H20N2OS. The van der Waals surface area contributed by atoms with E-state index in [1.165, 1.54) is 4.88 Å². The second kappa shape index (κ2) is 6.68. The van der Waals surface area contributed by atoms with Gasteiger partial charge in [0.25, 0.3) is 0 Å². The summed E-state index contributed by atoms with van der Waals surface area (Å²) in [4.78, 5) is 13.2. The number of carbonyl (C=O) groups excluding carboxylic acids is 1. The molecule has 0 radical (unpaired) electrons. The van der Waals surface area contributed by atoms with Gasteiger partial charge in [-0.15, -0.1) is 11.3 Å². The van der Waals surface area contributed by atoms with Crippen molar-refractivity contribution in [1.82, 2.24) is 0 Å². The average Bonchev–Trinajstić information content (AvgIpc) is 2.92. The number of amides is 1. The standard InChI is InChI=1S/C16H20N2OS/c1-11(2)9-14(17)16(19)18-13-6-3-5-12(10-13)15-7-4-8-20-15/h3-8,10-11,14H,9,17H2,1-2H3,(H,18,19)/t14-/m0/s1. The van der Waals surface area contributed by atoms with Gasteiger partial charge in [-0.2, -0.15) is 0 Å². The van der Waals surface area contributed by atoms with E-state index < -0.39 is 6.04 Å². The molecule has 3 nitrogen and oxygen atoms in total. The van der Waals surface area contributed by atoms with E-state index in [4.69, 9.17) is 5.73 Å². The molecule has 0 aliphatic heterocycles. The summed E-state index contributed by atoms with van der Waals surface area (Å²) in [5.74, 6) is 0.287. The highest BCUT2D eigenvalue weighted by atomic mass is 32.1. The molecular weight excluding hydrogens is 268 g/mol. The lowest BCUT2D eigenvalue weighted by Crippen LogP contribution is -2.36. The van der Waals surface area contributed by atoms with Gasteiger partial charge < -0.3 is 11.1 Å². The second-order valence-electron chi connectivity index (χ2n) is 5.28. The van der Waals surface area contributed by atoms with Crippen molar-refractivity contribution < 1.29 is 4.79 Å². The Morgan fingerprint density at radius 3 is 2.75 bits per heavy atom. The van der Waals surface area contributed by atoms with Crippen LogP contribution >= 0.6 is 11.3 Å². The zero-order valence-corrected chi connectivity index (χ0v) is 12.6. The molecule has 0 saturated carbocycles. The van der Waals surface area contributed by atoms with E-state index in [1.54, 1.807) is 11.3 Å². The first kappa shape index (κ1) is 14.8. The third-order valence-electron chi connectivity index (χ3n) is 3.00. The van der Waals surface area contributed by atoms with Crippen LogP contribution in [0.15, 0.2) is 41.8 Å². The summed E-state index contributed by atoms with van der Waals surface area (Å²) >= 11 is 1.68. The van der Waals surface area contributed by atoms with Crippen molar-refractivity contribution in [3.8, 4) is 10.4 Å². The summed E-state index contributed by atoms with van der Waals surface area (Å²) in [5.41, 5.74) is 7.79. The van der Waals surface area contributed by atoms with Gasteiger partial charge in [-0.05, 0) is 41.5 Å². The van der Waals surface area contributed by atoms with Gasteiger partial charge in [0.15, 0.2) is 0 Å². The fourth-order valence-electron chi connectivity index (χ4n) is 2.04. The van der Waals surface area contributed by atoms with Gasteiger partial charge in [0.05, 0.1) is 6.04 Å². The Morgan fingerprint density at radius 2 is 2.10 bits per heavy atom. The fourth-order valence-corrected chi connectivity index (χ4v) is 2.77. The number of benzene rings is 1. The number of rotatable bonds is 5. The van der Waals surface area contributed by atoms with Crippen molar-refractivity contribution in [3.05, 3.63) is 41.8 Å². The van der Waals surface area contributed by atoms with Gasteiger partial charge in [0.2, 0.25) is 5.91 Å². The molecule has 1 amide bonds. The van der Waals surface area contributed by atoms with Gasteiger partial charge >= 0.3 is 0 Å². The first-order valence-corrected chi connectivity index (χ1v) is 7.64. The lowest BCUT2D eigenvalue weighted by atomic mass is 10.0. The zero-order valence-electron chi connectivity index (χ0n) is 11.8.